The van der Waals surface area contributed by atoms with Crippen LogP contribution in [-0.2, 0) is 9.53 Å². The maximum absolute atomic E-state index is 12.0. The highest BCUT2D eigenvalue weighted by atomic mass is 16.6. The van der Waals surface area contributed by atoms with Crippen LogP contribution in [0.1, 0.15) is 52.9 Å². The molecule has 0 aromatic rings. The van der Waals surface area contributed by atoms with Crippen molar-refractivity contribution in [1.82, 2.24) is 5.32 Å². The molecule has 0 spiro atoms. The van der Waals surface area contributed by atoms with Crippen molar-refractivity contribution in [2.24, 2.45) is 11.3 Å². The summed E-state index contributed by atoms with van der Waals surface area (Å²) in [5.41, 5.74) is -0.567. The fraction of sp³-hybridized carbons (Fsp3) is 0.750. The molecule has 1 amide bonds. The molecular weight excluding hydrogens is 270 g/mol. The molecule has 0 radical (unpaired) electrons. The highest BCUT2D eigenvalue weighted by Crippen LogP contribution is 2.32. The molecule has 1 fully saturated rings. The Kier molecular flexibility index (Phi) is 6.24. The lowest BCUT2D eigenvalue weighted by molar-refractivity contribution is -0.142. The predicted molar refractivity (Wildman–Crippen MR) is 81.1 cm³/mol. The van der Waals surface area contributed by atoms with Gasteiger partial charge in [0.25, 0.3) is 0 Å². The maximum atomic E-state index is 12.0. The number of carboxylic acid groups (broad SMARTS) is 1. The van der Waals surface area contributed by atoms with Crippen molar-refractivity contribution >= 4 is 12.1 Å². The Labute approximate surface area is 126 Å². The largest absolute Gasteiger partial charge is 0.480 e. The molecule has 0 bridgehead atoms. The Morgan fingerprint density at radius 1 is 1.43 bits per heavy atom. The topological polar surface area (TPSA) is 75.6 Å². The van der Waals surface area contributed by atoms with Gasteiger partial charge in [-0.15, -0.1) is 6.58 Å². The van der Waals surface area contributed by atoms with Gasteiger partial charge >= 0.3 is 12.1 Å². The van der Waals surface area contributed by atoms with Crippen molar-refractivity contribution in [2.45, 2.75) is 65.0 Å². The maximum Gasteiger partial charge on any atom is 0.408 e. The summed E-state index contributed by atoms with van der Waals surface area (Å²) in [5.74, 6) is -0.694. The number of aliphatic carboxylic acids is 1. The molecule has 1 aliphatic rings. The van der Waals surface area contributed by atoms with Gasteiger partial charge in [-0.25, -0.2) is 9.59 Å². The summed E-state index contributed by atoms with van der Waals surface area (Å²) in [7, 11) is 0. The average Bonchev–Trinajstić information content (AvgIpc) is 2.79. The normalized spacial score (nSPS) is 23.4. The van der Waals surface area contributed by atoms with E-state index >= 15 is 0 Å². The number of nitrogens with one attached hydrogen (secondary N) is 1. The number of alkyl carbamates (subject to hydrolysis) is 1. The second-order valence-corrected chi connectivity index (χ2v) is 6.78. The lowest BCUT2D eigenvalue weighted by atomic mass is 9.87. The van der Waals surface area contributed by atoms with E-state index in [1.54, 1.807) is 20.8 Å². The zero-order valence-corrected chi connectivity index (χ0v) is 13.2. The third-order valence-corrected chi connectivity index (χ3v) is 3.96. The number of carboxylic acids is 1. The van der Waals surface area contributed by atoms with Crippen molar-refractivity contribution in [3.8, 4) is 0 Å². The molecule has 1 saturated carbocycles. The quantitative estimate of drug-likeness (QED) is 0.737. The molecule has 1 unspecified atom stereocenters. The molecule has 3 atom stereocenters. The van der Waals surface area contributed by atoms with E-state index in [1.807, 2.05) is 6.08 Å². The number of ether oxygens (including phenoxy) is 1. The first-order chi connectivity index (χ1) is 9.75. The molecule has 1 aliphatic carbocycles. The van der Waals surface area contributed by atoms with E-state index in [1.165, 1.54) is 0 Å². The highest BCUT2D eigenvalue weighted by molar-refractivity contribution is 5.80. The number of rotatable bonds is 6. The Bertz CT molecular complexity index is 386. The van der Waals surface area contributed by atoms with Crippen LogP contribution >= 0.6 is 0 Å². The van der Waals surface area contributed by atoms with Crippen molar-refractivity contribution in [1.29, 1.82) is 0 Å². The number of carbonyl (C=O) groups excluding carboxylic acids is 1. The van der Waals surface area contributed by atoms with E-state index in [0.717, 1.165) is 32.1 Å². The Morgan fingerprint density at radius 3 is 2.62 bits per heavy atom. The Balaban J connectivity index is 2.55. The monoisotopic (exact) mass is 297 g/mol. The summed E-state index contributed by atoms with van der Waals surface area (Å²) in [4.78, 5) is 23.2. The molecule has 0 aromatic carbocycles. The fourth-order valence-electron chi connectivity index (χ4n) is 2.76. The third-order valence-electron chi connectivity index (χ3n) is 3.96. The van der Waals surface area contributed by atoms with Crippen molar-refractivity contribution in [2.75, 3.05) is 0 Å². The number of allylic oxidation sites excluding steroid dienone is 1. The van der Waals surface area contributed by atoms with Gasteiger partial charge in [0.05, 0.1) is 0 Å². The smallest absolute Gasteiger partial charge is 0.408 e. The van der Waals surface area contributed by atoms with Crippen LogP contribution in [-0.4, -0.2) is 29.3 Å². The third kappa shape index (κ3) is 5.40. The minimum atomic E-state index is -1.05. The van der Waals surface area contributed by atoms with E-state index in [4.69, 9.17) is 4.74 Å². The molecular formula is C16H27NO4. The zero-order chi connectivity index (χ0) is 16.0. The standard InChI is InChI=1S/C16H27NO4/c1-5-6-8-11-9-7-10-12(11)21-15(20)17-13(14(18)19)16(2,3)4/h5,11-13H,1,6-10H2,2-4H3,(H,17,20)(H,18,19)/t11?,12-,13-/m1/s1. The van der Waals surface area contributed by atoms with Gasteiger partial charge < -0.3 is 15.2 Å². The number of carbonyl (C=O) groups is 2. The average molecular weight is 297 g/mol. The summed E-state index contributed by atoms with van der Waals surface area (Å²) < 4.78 is 5.45. The minimum absolute atomic E-state index is 0.112. The zero-order valence-electron chi connectivity index (χ0n) is 13.2. The van der Waals surface area contributed by atoms with Gasteiger partial charge in [0.1, 0.15) is 12.1 Å². The molecule has 0 aromatic heterocycles. The molecule has 5 heteroatoms. The van der Waals surface area contributed by atoms with Gasteiger partial charge in [0.15, 0.2) is 0 Å². The molecule has 1 rings (SSSR count). The summed E-state index contributed by atoms with van der Waals surface area (Å²) in [6.45, 7) is 9.03. The van der Waals surface area contributed by atoms with Crippen LogP contribution in [0.2, 0.25) is 0 Å². The molecule has 0 heterocycles. The van der Waals surface area contributed by atoms with E-state index in [0.29, 0.717) is 5.92 Å². The van der Waals surface area contributed by atoms with E-state index in [2.05, 4.69) is 11.9 Å². The van der Waals surface area contributed by atoms with Gasteiger partial charge in [-0.1, -0.05) is 26.8 Å². The lowest BCUT2D eigenvalue weighted by Gasteiger charge is -2.28. The van der Waals surface area contributed by atoms with Crippen LogP contribution in [0.3, 0.4) is 0 Å². The van der Waals surface area contributed by atoms with Gasteiger partial charge in [-0.2, -0.15) is 0 Å². The van der Waals surface area contributed by atoms with E-state index in [9.17, 15) is 14.7 Å². The Hall–Kier alpha value is -1.52. The van der Waals surface area contributed by atoms with Crippen molar-refractivity contribution in [3.05, 3.63) is 12.7 Å². The van der Waals surface area contributed by atoms with Crippen molar-refractivity contribution < 1.29 is 19.4 Å². The van der Waals surface area contributed by atoms with Crippen LogP contribution in [0.25, 0.3) is 0 Å². The molecule has 0 saturated heterocycles. The first-order valence-corrected chi connectivity index (χ1v) is 7.56. The molecule has 21 heavy (non-hydrogen) atoms. The molecule has 5 nitrogen and oxygen atoms in total. The van der Waals surface area contributed by atoms with Crippen molar-refractivity contribution in [3.63, 3.8) is 0 Å². The summed E-state index contributed by atoms with van der Waals surface area (Å²) in [6.07, 6.45) is 5.94. The number of hydrogen-bond donors (Lipinski definition) is 2. The van der Waals surface area contributed by atoms with Crippen LogP contribution in [0.15, 0.2) is 12.7 Å². The van der Waals surface area contributed by atoms with Crippen LogP contribution in [0, 0.1) is 11.3 Å². The highest BCUT2D eigenvalue weighted by Gasteiger charge is 2.35. The van der Waals surface area contributed by atoms with E-state index < -0.39 is 23.5 Å². The first kappa shape index (κ1) is 17.5. The molecule has 2 N–H and O–H groups in total. The van der Waals surface area contributed by atoms with Gasteiger partial charge in [-0.05, 0) is 43.4 Å². The van der Waals surface area contributed by atoms with E-state index in [-0.39, 0.29) is 6.10 Å². The SMILES string of the molecule is C=CCCC1CCC[C@H]1OC(=O)N[C@H](C(=O)O)C(C)(C)C. The fourth-order valence-corrected chi connectivity index (χ4v) is 2.76. The van der Waals surface area contributed by atoms with Crippen LogP contribution in [0.4, 0.5) is 4.79 Å². The molecule has 120 valence electrons. The molecule has 0 aliphatic heterocycles. The number of amides is 1. The van der Waals surface area contributed by atoms with Gasteiger partial charge in [0.2, 0.25) is 0 Å². The Morgan fingerprint density at radius 2 is 2.10 bits per heavy atom. The van der Waals surface area contributed by atoms with Gasteiger partial charge in [0, 0.05) is 0 Å². The summed E-state index contributed by atoms with van der Waals surface area (Å²) in [6, 6.07) is -0.960. The second-order valence-electron chi connectivity index (χ2n) is 6.78. The lowest BCUT2D eigenvalue weighted by Crippen LogP contribution is -2.50. The van der Waals surface area contributed by atoms with Crippen LogP contribution in [0.5, 0.6) is 0 Å². The summed E-state index contributed by atoms with van der Waals surface area (Å²) in [5, 5.41) is 11.7. The number of hydrogen-bond acceptors (Lipinski definition) is 3. The minimum Gasteiger partial charge on any atom is -0.480 e. The second kappa shape index (κ2) is 7.48. The first-order valence-electron chi connectivity index (χ1n) is 7.56. The predicted octanol–water partition coefficient (Wildman–Crippen LogP) is 3.35. The van der Waals surface area contributed by atoms with Crippen LogP contribution < -0.4 is 5.32 Å². The summed E-state index contributed by atoms with van der Waals surface area (Å²) >= 11 is 0. The van der Waals surface area contributed by atoms with Gasteiger partial charge in [-0.3, -0.25) is 0 Å².